The van der Waals surface area contributed by atoms with E-state index in [1.807, 2.05) is 30.3 Å². The molecule has 0 heterocycles. The topological polar surface area (TPSA) is 65.0 Å². The number of esters is 1. The van der Waals surface area contributed by atoms with E-state index in [9.17, 15) is 9.70 Å². The number of hydrogen-bond donors (Lipinski definition) is 0. The van der Waals surface area contributed by atoms with Crippen molar-refractivity contribution in [2.24, 2.45) is 5.18 Å². The van der Waals surface area contributed by atoms with E-state index in [2.05, 4.69) is 9.91 Å². The van der Waals surface area contributed by atoms with Gasteiger partial charge < -0.3 is 9.47 Å². The van der Waals surface area contributed by atoms with Gasteiger partial charge in [0.25, 0.3) is 0 Å². The Morgan fingerprint density at radius 3 is 2.39 bits per heavy atom. The van der Waals surface area contributed by atoms with Crippen LogP contribution in [0, 0.1) is 4.91 Å². The Bertz CT molecular complexity index is 380. The summed E-state index contributed by atoms with van der Waals surface area (Å²) in [4.78, 5) is 21.8. The zero-order valence-corrected chi connectivity index (χ0v) is 10.5. The highest BCUT2D eigenvalue weighted by Crippen LogP contribution is 2.23. The van der Waals surface area contributed by atoms with E-state index < -0.39 is 12.0 Å². The van der Waals surface area contributed by atoms with Crippen molar-refractivity contribution in [1.82, 2.24) is 0 Å². The molecule has 0 saturated heterocycles. The lowest BCUT2D eigenvalue weighted by Crippen LogP contribution is -2.20. The minimum absolute atomic E-state index is 0.153. The lowest BCUT2D eigenvalue weighted by Gasteiger charge is -2.16. The fourth-order valence-electron chi connectivity index (χ4n) is 1.75. The maximum atomic E-state index is 11.2. The summed E-state index contributed by atoms with van der Waals surface area (Å²) in [5.74, 6) is -0.604. The molecular weight excluding hydrogens is 234 g/mol. The van der Waals surface area contributed by atoms with Crippen molar-refractivity contribution in [3.63, 3.8) is 0 Å². The number of benzene rings is 1. The Labute approximate surface area is 106 Å². The first-order chi connectivity index (χ1) is 8.72. The van der Waals surface area contributed by atoms with Gasteiger partial charge in [-0.3, -0.25) is 0 Å². The molecule has 0 amide bonds. The Balaban J connectivity index is 2.59. The second kappa shape index (κ2) is 7.55. The number of hydrogen-bond acceptors (Lipinski definition) is 5. The molecule has 0 N–H and O–H groups in total. The van der Waals surface area contributed by atoms with Gasteiger partial charge >= 0.3 is 5.97 Å². The summed E-state index contributed by atoms with van der Waals surface area (Å²) in [6, 6.07) is 8.66. The number of carbonyl (C=O) groups excluding carboxylic acids is 1. The van der Waals surface area contributed by atoms with Gasteiger partial charge in [0, 0.05) is 7.11 Å². The number of methoxy groups -OCH3 is 2. The third kappa shape index (κ3) is 3.92. The Kier molecular flexibility index (Phi) is 6.00. The van der Waals surface area contributed by atoms with E-state index in [4.69, 9.17) is 4.74 Å². The summed E-state index contributed by atoms with van der Waals surface area (Å²) in [6.45, 7) is 0. The molecular formula is C13H17NO4. The van der Waals surface area contributed by atoms with Crippen LogP contribution in [0.2, 0.25) is 0 Å². The standard InChI is InChI=1S/C13H17NO4/c1-17-12(10-6-4-3-5-7-10)9-8-11(14-16)13(15)18-2/h3-7,11-12H,8-9H2,1-2H3. The second-order valence-corrected chi connectivity index (χ2v) is 3.86. The van der Waals surface area contributed by atoms with Crippen molar-refractivity contribution in [3.05, 3.63) is 40.8 Å². The number of nitrogens with zero attached hydrogens (tertiary/aromatic N) is 1. The molecule has 1 aromatic rings. The van der Waals surface area contributed by atoms with E-state index in [1.165, 1.54) is 7.11 Å². The number of rotatable bonds is 7. The van der Waals surface area contributed by atoms with Crippen molar-refractivity contribution >= 4 is 5.97 Å². The van der Waals surface area contributed by atoms with Crippen molar-refractivity contribution in [1.29, 1.82) is 0 Å². The molecule has 0 spiro atoms. The highest BCUT2D eigenvalue weighted by atomic mass is 16.5. The highest BCUT2D eigenvalue weighted by Gasteiger charge is 2.22. The summed E-state index contributed by atoms with van der Waals surface area (Å²) in [7, 11) is 2.84. The quantitative estimate of drug-likeness (QED) is 0.551. The van der Waals surface area contributed by atoms with Crippen LogP contribution >= 0.6 is 0 Å². The lowest BCUT2D eigenvalue weighted by atomic mass is 10.0. The van der Waals surface area contributed by atoms with Gasteiger partial charge in [0.1, 0.15) is 0 Å². The molecule has 0 aliphatic rings. The smallest absolute Gasteiger partial charge is 0.334 e. The van der Waals surface area contributed by atoms with Crippen LogP contribution in [0.15, 0.2) is 35.5 Å². The van der Waals surface area contributed by atoms with Crippen LogP contribution in [-0.2, 0) is 14.3 Å². The highest BCUT2D eigenvalue weighted by molar-refractivity contribution is 5.75. The molecule has 0 fully saturated rings. The van der Waals surface area contributed by atoms with Crippen LogP contribution in [0.25, 0.3) is 0 Å². The molecule has 0 radical (unpaired) electrons. The van der Waals surface area contributed by atoms with Gasteiger partial charge in [0.05, 0.1) is 13.2 Å². The van der Waals surface area contributed by atoms with Gasteiger partial charge in [-0.2, -0.15) is 0 Å². The predicted molar refractivity (Wildman–Crippen MR) is 67.0 cm³/mol. The van der Waals surface area contributed by atoms with Gasteiger partial charge in [-0.15, -0.1) is 4.91 Å². The number of nitroso groups, excluding NO2 is 1. The van der Waals surface area contributed by atoms with E-state index in [-0.39, 0.29) is 6.10 Å². The molecule has 5 nitrogen and oxygen atoms in total. The predicted octanol–water partition coefficient (Wildman–Crippen LogP) is 2.46. The zero-order chi connectivity index (χ0) is 13.4. The van der Waals surface area contributed by atoms with E-state index in [0.29, 0.717) is 12.8 Å². The average molecular weight is 251 g/mol. The summed E-state index contributed by atoms with van der Waals surface area (Å²) < 4.78 is 9.85. The average Bonchev–Trinajstić information content (AvgIpc) is 2.44. The third-order valence-corrected chi connectivity index (χ3v) is 2.76. The molecule has 1 aromatic carbocycles. The first kappa shape index (κ1) is 14.3. The third-order valence-electron chi connectivity index (χ3n) is 2.76. The fraction of sp³-hybridized carbons (Fsp3) is 0.462. The Morgan fingerprint density at radius 2 is 1.89 bits per heavy atom. The summed E-state index contributed by atoms with van der Waals surface area (Å²) >= 11 is 0. The van der Waals surface area contributed by atoms with Crippen LogP contribution in [0.4, 0.5) is 0 Å². The molecule has 2 unspecified atom stereocenters. The van der Waals surface area contributed by atoms with Gasteiger partial charge in [0.2, 0.25) is 0 Å². The maximum absolute atomic E-state index is 11.2. The summed E-state index contributed by atoms with van der Waals surface area (Å²) in [5.41, 5.74) is 1.01. The SMILES string of the molecule is COC(=O)C(CCC(OC)c1ccccc1)N=O. The minimum Gasteiger partial charge on any atom is -0.467 e. The number of ether oxygens (including phenoxy) is 2. The summed E-state index contributed by atoms with van der Waals surface area (Å²) in [6.07, 6.45) is 0.690. The van der Waals surface area contributed by atoms with Crippen LogP contribution in [0.3, 0.4) is 0 Å². The maximum Gasteiger partial charge on any atom is 0.334 e. The first-order valence-electron chi connectivity index (χ1n) is 5.71. The van der Waals surface area contributed by atoms with Crippen molar-refractivity contribution in [2.45, 2.75) is 25.0 Å². The van der Waals surface area contributed by atoms with Gasteiger partial charge in [-0.05, 0) is 18.4 Å². The monoisotopic (exact) mass is 251 g/mol. The van der Waals surface area contributed by atoms with Gasteiger partial charge in [-0.1, -0.05) is 35.5 Å². The fourth-order valence-corrected chi connectivity index (χ4v) is 1.75. The molecule has 0 aliphatic carbocycles. The molecule has 0 bridgehead atoms. The van der Waals surface area contributed by atoms with E-state index in [0.717, 1.165) is 5.56 Å². The molecule has 2 atom stereocenters. The summed E-state index contributed by atoms with van der Waals surface area (Å²) in [5, 5.41) is 2.78. The molecule has 0 aliphatic heterocycles. The number of carbonyl (C=O) groups is 1. The van der Waals surface area contributed by atoms with E-state index >= 15 is 0 Å². The first-order valence-corrected chi connectivity index (χ1v) is 5.71. The van der Waals surface area contributed by atoms with Crippen molar-refractivity contribution in [2.75, 3.05) is 14.2 Å². The normalized spacial score (nSPS) is 13.7. The largest absolute Gasteiger partial charge is 0.467 e. The van der Waals surface area contributed by atoms with E-state index in [1.54, 1.807) is 7.11 Å². The van der Waals surface area contributed by atoms with Crippen molar-refractivity contribution in [3.8, 4) is 0 Å². The Morgan fingerprint density at radius 1 is 1.22 bits per heavy atom. The Hall–Kier alpha value is -1.75. The van der Waals surface area contributed by atoms with Crippen molar-refractivity contribution < 1.29 is 14.3 Å². The molecule has 1 rings (SSSR count). The minimum atomic E-state index is -0.962. The van der Waals surface area contributed by atoms with Gasteiger partial charge in [-0.25, -0.2) is 4.79 Å². The molecule has 5 heteroatoms. The zero-order valence-electron chi connectivity index (χ0n) is 10.5. The molecule has 0 aromatic heterocycles. The molecule has 18 heavy (non-hydrogen) atoms. The van der Waals surface area contributed by atoms with Crippen LogP contribution in [-0.4, -0.2) is 26.2 Å². The molecule has 98 valence electrons. The van der Waals surface area contributed by atoms with Crippen LogP contribution in [0.5, 0.6) is 0 Å². The molecule has 0 saturated carbocycles. The lowest BCUT2D eigenvalue weighted by molar-refractivity contribution is -0.142. The second-order valence-electron chi connectivity index (χ2n) is 3.86. The van der Waals surface area contributed by atoms with Crippen LogP contribution < -0.4 is 0 Å². The van der Waals surface area contributed by atoms with Crippen LogP contribution in [0.1, 0.15) is 24.5 Å². The van der Waals surface area contributed by atoms with Gasteiger partial charge in [0.15, 0.2) is 6.04 Å².